The van der Waals surface area contributed by atoms with Crippen molar-refractivity contribution in [2.75, 3.05) is 31.7 Å². The van der Waals surface area contributed by atoms with Gasteiger partial charge >= 0.3 is 0 Å². The Kier molecular flexibility index (Phi) is 4.84. The monoisotopic (exact) mass is 271 g/mol. The summed E-state index contributed by atoms with van der Waals surface area (Å²) in [6.07, 6.45) is 2.33. The van der Waals surface area contributed by atoms with Gasteiger partial charge in [0.2, 0.25) is 0 Å². The van der Waals surface area contributed by atoms with E-state index < -0.39 is 0 Å². The molecule has 0 saturated carbocycles. The van der Waals surface area contributed by atoms with Crippen LogP contribution in [-0.4, -0.2) is 26.8 Å². The van der Waals surface area contributed by atoms with E-state index in [4.69, 9.17) is 16.3 Å². The van der Waals surface area contributed by atoms with E-state index in [2.05, 4.69) is 4.90 Å². The van der Waals surface area contributed by atoms with Gasteiger partial charge in [-0.2, -0.15) is 0 Å². The molecular weight excluding hydrogens is 253 g/mol. The molecule has 1 atom stereocenters. The maximum atomic E-state index is 13.2. The molecule has 1 fully saturated rings. The fraction of sp³-hybridized carbons (Fsp3) is 0.571. The number of halogens is 2. The Bertz CT molecular complexity index is 393. The minimum atomic E-state index is -0.233. The molecule has 18 heavy (non-hydrogen) atoms. The average molecular weight is 272 g/mol. The molecule has 0 spiro atoms. The van der Waals surface area contributed by atoms with Crippen molar-refractivity contribution >= 4 is 17.3 Å². The lowest BCUT2D eigenvalue weighted by atomic mass is 10.0. The van der Waals surface area contributed by atoms with Crippen LogP contribution in [0.1, 0.15) is 18.4 Å². The summed E-state index contributed by atoms with van der Waals surface area (Å²) in [5.41, 5.74) is 1.85. The first-order chi connectivity index (χ1) is 8.70. The molecule has 1 unspecified atom stereocenters. The van der Waals surface area contributed by atoms with Gasteiger partial charge < -0.3 is 9.64 Å². The van der Waals surface area contributed by atoms with Crippen LogP contribution in [0.5, 0.6) is 0 Å². The Labute approximate surface area is 113 Å². The molecule has 100 valence electrons. The molecule has 1 aliphatic rings. The van der Waals surface area contributed by atoms with Gasteiger partial charge in [-0.1, -0.05) is 0 Å². The van der Waals surface area contributed by atoms with Gasteiger partial charge in [0.05, 0.1) is 6.61 Å². The standard InChI is InChI=1S/C14H19ClFNO/c1-17(9-11-3-2-6-18-10-11)14-5-4-13(16)7-12(14)8-15/h4-5,7,11H,2-3,6,8-10H2,1H3. The van der Waals surface area contributed by atoms with Crippen LogP contribution in [-0.2, 0) is 10.6 Å². The van der Waals surface area contributed by atoms with Crippen LogP contribution in [0.15, 0.2) is 18.2 Å². The quantitative estimate of drug-likeness (QED) is 0.778. The molecule has 4 heteroatoms. The summed E-state index contributed by atoms with van der Waals surface area (Å²) in [6.45, 7) is 2.63. The van der Waals surface area contributed by atoms with Crippen molar-refractivity contribution in [2.24, 2.45) is 5.92 Å². The molecule has 1 saturated heterocycles. The maximum Gasteiger partial charge on any atom is 0.123 e. The van der Waals surface area contributed by atoms with Crippen LogP contribution in [0.2, 0.25) is 0 Å². The van der Waals surface area contributed by atoms with Gasteiger partial charge in [-0.15, -0.1) is 11.6 Å². The van der Waals surface area contributed by atoms with Crippen molar-refractivity contribution in [3.8, 4) is 0 Å². The lowest BCUT2D eigenvalue weighted by Crippen LogP contribution is -2.31. The molecule has 1 heterocycles. The molecule has 1 aromatic rings. The number of rotatable bonds is 4. The zero-order valence-corrected chi connectivity index (χ0v) is 11.4. The first-order valence-corrected chi connectivity index (χ1v) is 6.87. The van der Waals surface area contributed by atoms with E-state index in [-0.39, 0.29) is 5.82 Å². The van der Waals surface area contributed by atoms with E-state index in [0.29, 0.717) is 11.8 Å². The van der Waals surface area contributed by atoms with Crippen LogP contribution in [0.4, 0.5) is 10.1 Å². The minimum Gasteiger partial charge on any atom is -0.381 e. The van der Waals surface area contributed by atoms with Gasteiger partial charge in [0.15, 0.2) is 0 Å². The summed E-state index contributed by atoms with van der Waals surface area (Å²) >= 11 is 5.87. The van der Waals surface area contributed by atoms with Gasteiger partial charge in [-0.05, 0) is 42.5 Å². The van der Waals surface area contributed by atoms with Crippen molar-refractivity contribution in [1.29, 1.82) is 0 Å². The molecule has 2 nitrogen and oxygen atoms in total. The van der Waals surface area contributed by atoms with E-state index in [9.17, 15) is 4.39 Å². The molecule has 1 aliphatic heterocycles. The summed E-state index contributed by atoms with van der Waals surface area (Å²) in [7, 11) is 2.03. The lowest BCUT2D eigenvalue weighted by molar-refractivity contribution is 0.0576. The summed E-state index contributed by atoms with van der Waals surface area (Å²) in [5.74, 6) is 0.652. The molecule has 0 amide bonds. The summed E-state index contributed by atoms with van der Waals surface area (Å²) in [6, 6.07) is 4.80. The fourth-order valence-electron chi connectivity index (χ4n) is 2.47. The summed E-state index contributed by atoms with van der Waals surface area (Å²) < 4.78 is 18.6. The number of hydrogen-bond acceptors (Lipinski definition) is 2. The zero-order chi connectivity index (χ0) is 13.0. The van der Waals surface area contributed by atoms with Gasteiger partial charge in [-0.25, -0.2) is 4.39 Å². The van der Waals surface area contributed by atoms with Crippen LogP contribution in [0.3, 0.4) is 0 Å². The predicted molar refractivity (Wildman–Crippen MR) is 72.8 cm³/mol. The number of ether oxygens (including phenoxy) is 1. The number of nitrogens with zero attached hydrogens (tertiary/aromatic N) is 1. The highest BCUT2D eigenvalue weighted by molar-refractivity contribution is 6.17. The Morgan fingerprint density at radius 1 is 1.50 bits per heavy atom. The second kappa shape index (κ2) is 6.39. The third-order valence-corrected chi connectivity index (χ3v) is 3.67. The molecular formula is C14H19ClFNO. The third kappa shape index (κ3) is 3.36. The Hall–Kier alpha value is -0.800. The number of anilines is 1. The summed E-state index contributed by atoms with van der Waals surface area (Å²) in [5, 5.41) is 0. The van der Waals surface area contributed by atoms with Crippen molar-refractivity contribution in [3.05, 3.63) is 29.6 Å². The second-order valence-electron chi connectivity index (χ2n) is 4.87. The van der Waals surface area contributed by atoms with Gasteiger partial charge in [0, 0.05) is 31.8 Å². The average Bonchev–Trinajstić information content (AvgIpc) is 2.39. The SMILES string of the molecule is CN(CC1CCCOC1)c1ccc(F)cc1CCl. The first-order valence-electron chi connectivity index (χ1n) is 6.34. The lowest BCUT2D eigenvalue weighted by Gasteiger charge is -2.29. The van der Waals surface area contributed by atoms with Gasteiger partial charge in [0.1, 0.15) is 5.82 Å². The first kappa shape index (κ1) is 13.6. The largest absolute Gasteiger partial charge is 0.381 e. The van der Waals surface area contributed by atoms with E-state index in [1.165, 1.54) is 18.6 Å². The number of alkyl halides is 1. The molecule has 0 aliphatic carbocycles. The van der Waals surface area contributed by atoms with Gasteiger partial charge in [-0.3, -0.25) is 0 Å². The van der Waals surface area contributed by atoms with E-state index in [1.807, 2.05) is 7.05 Å². The molecule has 0 bridgehead atoms. The summed E-state index contributed by atoms with van der Waals surface area (Å²) in [4.78, 5) is 2.15. The van der Waals surface area contributed by atoms with E-state index in [1.54, 1.807) is 6.07 Å². The highest BCUT2D eigenvalue weighted by Gasteiger charge is 2.17. The maximum absolute atomic E-state index is 13.2. The molecule has 0 radical (unpaired) electrons. The zero-order valence-electron chi connectivity index (χ0n) is 10.7. The third-order valence-electron chi connectivity index (χ3n) is 3.38. The topological polar surface area (TPSA) is 12.5 Å². The Balaban J connectivity index is 2.05. The number of hydrogen-bond donors (Lipinski definition) is 0. The molecule has 0 N–H and O–H groups in total. The second-order valence-corrected chi connectivity index (χ2v) is 5.14. The smallest absolute Gasteiger partial charge is 0.123 e. The van der Waals surface area contributed by atoms with Crippen molar-refractivity contribution in [1.82, 2.24) is 0 Å². The van der Waals surface area contributed by atoms with Crippen LogP contribution in [0, 0.1) is 11.7 Å². The van der Waals surface area contributed by atoms with Crippen LogP contribution in [0.25, 0.3) is 0 Å². The molecule has 2 rings (SSSR count). The molecule has 0 aromatic heterocycles. The predicted octanol–water partition coefficient (Wildman–Crippen LogP) is 3.43. The van der Waals surface area contributed by atoms with Crippen LogP contribution < -0.4 is 4.90 Å². The highest BCUT2D eigenvalue weighted by atomic mass is 35.5. The van der Waals surface area contributed by atoms with Crippen molar-refractivity contribution in [3.63, 3.8) is 0 Å². The minimum absolute atomic E-state index is 0.233. The van der Waals surface area contributed by atoms with E-state index >= 15 is 0 Å². The van der Waals surface area contributed by atoms with Gasteiger partial charge in [0.25, 0.3) is 0 Å². The van der Waals surface area contributed by atoms with Crippen LogP contribution >= 0.6 is 11.6 Å². The van der Waals surface area contributed by atoms with Crippen molar-refractivity contribution in [2.45, 2.75) is 18.7 Å². The number of benzene rings is 1. The molecule has 1 aromatic carbocycles. The fourth-order valence-corrected chi connectivity index (χ4v) is 2.68. The normalized spacial score (nSPS) is 19.8. The Morgan fingerprint density at radius 3 is 3.00 bits per heavy atom. The van der Waals surface area contributed by atoms with Crippen molar-refractivity contribution < 1.29 is 9.13 Å². The van der Waals surface area contributed by atoms with E-state index in [0.717, 1.165) is 37.4 Å². The Morgan fingerprint density at radius 2 is 2.33 bits per heavy atom. The highest BCUT2D eigenvalue weighted by Crippen LogP contribution is 2.24.